The van der Waals surface area contributed by atoms with Gasteiger partial charge in [-0.2, -0.15) is 0 Å². The molecule has 6 aliphatic heterocycles. The maximum Gasteiger partial charge on any atom is 0.161 e. The number of hydrogen-bond donors (Lipinski definition) is 1. The predicted molar refractivity (Wildman–Crippen MR) is 229 cm³/mol. The number of methoxy groups -OCH3 is 4. The highest BCUT2D eigenvalue weighted by atomic mass is 19.1. The van der Waals surface area contributed by atoms with Crippen molar-refractivity contribution in [3.8, 4) is 23.0 Å². The van der Waals surface area contributed by atoms with Crippen molar-refractivity contribution in [1.29, 1.82) is 0 Å². The lowest BCUT2D eigenvalue weighted by Crippen LogP contribution is -2.49. The Labute approximate surface area is 358 Å². The Bertz CT molecular complexity index is 1500. The Hall–Kier alpha value is -2.71. The van der Waals surface area contributed by atoms with Crippen LogP contribution in [-0.2, 0) is 31.8 Å². The Morgan fingerprint density at radius 1 is 0.617 bits per heavy atom. The second-order valence-corrected chi connectivity index (χ2v) is 17.7. The molecule has 0 aromatic heterocycles. The number of halogens is 1. The van der Waals surface area contributed by atoms with Crippen LogP contribution in [0.2, 0.25) is 0 Å². The van der Waals surface area contributed by atoms with E-state index in [2.05, 4.69) is 34.1 Å². The molecule has 12 heteroatoms. The van der Waals surface area contributed by atoms with Crippen LogP contribution >= 0.6 is 0 Å². The number of fused-ring (bicyclic) bond motifs is 6. The lowest BCUT2D eigenvalue weighted by molar-refractivity contribution is -0.212. The third-order valence-corrected chi connectivity index (χ3v) is 14.0. The number of hydrogen-bond acceptors (Lipinski definition) is 11. The molecule has 8 atom stereocenters. The number of benzene rings is 2. The molecule has 0 spiro atoms. The molecule has 4 saturated heterocycles. The van der Waals surface area contributed by atoms with Gasteiger partial charge >= 0.3 is 0 Å². The van der Waals surface area contributed by atoms with Crippen LogP contribution in [-0.4, -0.2) is 121 Å². The average molecular weight is 841 g/mol. The molecule has 0 saturated carbocycles. The van der Waals surface area contributed by atoms with Crippen molar-refractivity contribution in [3.63, 3.8) is 0 Å². The van der Waals surface area contributed by atoms with Crippen LogP contribution in [0.3, 0.4) is 0 Å². The summed E-state index contributed by atoms with van der Waals surface area (Å²) >= 11 is 0. The maximum absolute atomic E-state index is 12.7. The summed E-state index contributed by atoms with van der Waals surface area (Å²) in [6.45, 7) is 5.79. The fraction of sp³-hybridized carbons (Fsp3) is 0.750. The van der Waals surface area contributed by atoms with E-state index >= 15 is 0 Å². The van der Waals surface area contributed by atoms with Gasteiger partial charge in [0.15, 0.2) is 35.6 Å². The zero-order valence-corrected chi connectivity index (χ0v) is 36.9. The average Bonchev–Trinajstić information content (AvgIpc) is 3.29. The van der Waals surface area contributed by atoms with Gasteiger partial charge in [0.1, 0.15) is 0 Å². The number of unbranched alkanes of at least 4 members (excludes halogenated alkanes) is 2. The molecule has 1 N–H and O–H groups in total. The highest BCUT2D eigenvalue weighted by Gasteiger charge is 2.42. The topological polar surface area (TPSA) is 101 Å². The molecule has 2 aromatic carbocycles. The molecule has 0 radical (unpaired) electrons. The van der Waals surface area contributed by atoms with Gasteiger partial charge in [0.2, 0.25) is 0 Å². The van der Waals surface area contributed by atoms with Gasteiger partial charge in [-0.15, -0.1) is 0 Å². The van der Waals surface area contributed by atoms with Gasteiger partial charge in [0.05, 0.1) is 47.3 Å². The van der Waals surface area contributed by atoms with Crippen LogP contribution in [0.25, 0.3) is 0 Å². The number of alkyl halides is 1. The van der Waals surface area contributed by atoms with E-state index in [1.54, 1.807) is 28.4 Å². The summed E-state index contributed by atoms with van der Waals surface area (Å²) in [5.74, 6) is 4.12. The highest BCUT2D eigenvalue weighted by Crippen LogP contribution is 2.46. The summed E-state index contributed by atoms with van der Waals surface area (Å²) in [7, 11) is 6.79. The van der Waals surface area contributed by atoms with Gasteiger partial charge in [0, 0.05) is 58.1 Å². The fourth-order valence-electron chi connectivity index (χ4n) is 10.7. The summed E-state index contributed by atoms with van der Waals surface area (Å²) in [5, 5.41) is 9.23. The molecular weight excluding hydrogens is 768 g/mol. The molecule has 2 unspecified atom stereocenters. The zero-order valence-electron chi connectivity index (χ0n) is 36.9. The molecule has 11 nitrogen and oxygen atoms in total. The van der Waals surface area contributed by atoms with Crippen molar-refractivity contribution in [3.05, 3.63) is 46.5 Å². The Balaban J connectivity index is 0.000000181. The summed E-state index contributed by atoms with van der Waals surface area (Å²) in [5.41, 5.74) is 5.39. The van der Waals surface area contributed by atoms with E-state index in [0.717, 1.165) is 146 Å². The van der Waals surface area contributed by atoms with Gasteiger partial charge in [0.25, 0.3) is 0 Å². The molecule has 2 aromatic rings. The number of aliphatic hydroxyl groups is 1. The molecule has 8 rings (SSSR count). The van der Waals surface area contributed by atoms with E-state index in [-0.39, 0.29) is 38.1 Å². The lowest BCUT2D eigenvalue weighted by Gasteiger charge is -2.48. The van der Waals surface area contributed by atoms with Crippen LogP contribution in [0.15, 0.2) is 24.3 Å². The summed E-state index contributed by atoms with van der Waals surface area (Å²) in [4.78, 5) is 5.22. The first-order chi connectivity index (χ1) is 29.5. The largest absolute Gasteiger partial charge is 0.493 e. The van der Waals surface area contributed by atoms with E-state index in [1.807, 2.05) is 0 Å². The summed E-state index contributed by atoms with van der Waals surface area (Å²) < 4.78 is 59.9. The molecule has 60 heavy (non-hydrogen) atoms. The van der Waals surface area contributed by atoms with Gasteiger partial charge in [-0.1, -0.05) is 12.8 Å². The quantitative estimate of drug-likeness (QED) is 0.165. The minimum Gasteiger partial charge on any atom is -0.493 e. The van der Waals surface area contributed by atoms with Crippen molar-refractivity contribution in [2.24, 2.45) is 11.8 Å². The van der Waals surface area contributed by atoms with E-state index in [4.69, 9.17) is 37.9 Å². The van der Waals surface area contributed by atoms with E-state index in [1.165, 1.54) is 35.1 Å². The molecule has 6 heterocycles. The summed E-state index contributed by atoms with van der Waals surface area (Å²) in [6.07, 6.45) is 16.3. The monoisotopic (exact) mass is 841 g/mol. The van der Waals surface area contributed by atoms with Gasteiger partial charge in [-0.25, -0.2) is 0 Å². The first-order valence-electron chi connectivity index (χ1n) is 23.1. The number of aliphatic hydroxyl groups excluding tert-OH is 1. The van der Waals surface area contributed by atoms with Gasteiger partial charge in [-0.3, -0.25) is 14.2 Å². The normalized spacial score (nSPS) is 29.2. The minimum absolute atomic E-state index is 0.0656. The zero-order chi connectivity index (χ0) is 41.8. The molecule has 0 amide bonds. The standard InChI is InChI=1S/C24H36FNO4.C24H37NO5/c1-27-22-13-17-9-11-26-16-18(7-3-5-10-25)21(30-24-8-4-6-12-29-24)15-20(26)19(17)14-23(22)28-2;1-27-22-13-17-9-10-25-16-18(7-3-5-11-26)21(30-24-8-4-6-12-29-24)15-20(25)19(17)14-23(22)28-2/h13-14,18,20-21,24H,3-12,15-16H2,1-2H3;13-14,18,20-21,24,26H,3-12,15-16H2,1-2H3/t2*18-,20-,21-,24?/m11/s1/i25+0;. The van der Waals surface area contributed by atoms with E-state index in [0.29, 0.717) is 30.3 Å². The minimum atomic E-state index is -0.231. The molecule has 336 valence electrons. The van der Waals surface area contributed by atoms with Gasteiger partial charge in [-0.05, 0) is 148 Å². The second-order valence-electron chi connectivity index (χ2n) is 17.7. The van der Waals surface area contributed by atoms with Crippen molar-refractivity contribution >= 4 is 0 Å². The molecule has 6 aliphatic rings. The van der Waals surface area contributed by atoms with Crippen molar-refractivity contribution in [2.75, 3.05) is 81.1 Å². The maximum atomic E-state index is 12.7. The molecular formula is C48H73FN2O9. The van der Waals surface area contributed by atoms with Crippen LogP contribution in [0.4, 0.5) is 4.39 Å². The van der Waals surface area contributed by atoms with Crippen LogP contribution < -0.4 is 18.9 Å². The highest BCUT2D eigenvalue weighted by molar-refractivity contribution is 5.50. The first-order valence-corrected chi connectivity index (χ1v) is 23.1. The number of ether oxygens (including phenoxy) is 8. The van der Waals surface area contributed by atoms with Crippen LogP contribution in [0.1, 0.15) is 124 Å². The molecule has 0 aliphatic carbocycles. The van der Waals surface area contributed by atoms with E-state index in [9.17, 15) is 9.50 Å². The van der Waals surface area contributed by atoms with Crippen LogP contribution in [0, 0.1) is 11.8 Å². The first kappa shape index (κ1) is 45.3. The third-order valence-electron chi connectivity index (χ3n) is 14.0. The Morgan fingerprint density at radius 3 is 1.47 bits per heavy atom. The Morgan fingerprint density at radius 2 is 1.07 bits per heavy atom. The summed E-state index contributed by atoms with van der Waals surface area (Å²) in [6, 6.07) is 9.28. The van der Waals surface area contributed by atoms with Crippen LogP contribution in [0.5, 0.6) is 23.0 Å². The Kier molecular flexibility index (Phi) is 17.1. The fourth-order valence-corrected chi connectivity index (χ4v) is 10.7. The molecule has 4 fully saturated rings. The SMILES string of the molecule is COc1cc2c(cc1OC)[C@H]1C[C@@H](OC3CCCCO3)[C@H](CCCCO)CN1CC2.COc1cc2c(cc1OC)[C@H]1C[C@@H](OC3CCCCO3)[C@H](CCCC[19F])CN1CC2. The number of nitrogens with zero attached hydrogens (tertiary/aromatic N) is 2. The smallest absolute Gasteiger partial charge is 0.161 e. The third kappa shape index (κ3) is 11.1. The molecule has 0 bridgehead atoms. The van der Waals surface area contributed by atoms with Crippen molar-refractivity contribution < 1.29 is 47.4 Å². The van der Waals surface area contributed by atoms with Gasteiger partial charge < -0.3 is 43.0 Å². The van der Waals surface area contributed by atoms with Crippen molar-refractivity contribution in [2.45, 2.75) is 140 Å². The van der Waals surface area contributed by atoms with Crippen molar-refractivity contribution in [1.82, 2.24) is 9.80 Å². The number of rotatable bonds is 16. The van der Waals surface area contributed by atoms with E-state index < -0.39 is 0 Å². The predicted octanol–water partition coefficient (Wildman–Crippen LogP) is 8.37. The number of piperidine rings is 2. The lowest BCUT2D eigenvalue weighted by atomic mass is 9.80. The second kappa shape index (κ2) is 22.6.